The molecule has 0 saturated heterocycles. The summed E-state index contributed by atoms with van der Waals surface area (Å²) in [4.78, 5) is 0. The Labute approximate surface area is 769 Å². The van der Waals surface area contributed by atoms with Gasteiger partial charge in [0.15, 0.2) is 0 Å². The van der Waals surface area contributed by atoms with Crippen molar-refractivity contribution in [3.05, 3.63) is 475 Å². The van der Waals surface area contributed by atoms with Crippen LogP contribution < -0.4 is 0 Å². The van der Waals surface area contributed by atoms with E-state index in [9.17, 15) is 0 Å². The van der Waals surface area contributed by atoms with E-state index in [2.05, 4.69) is 350 Å². The van der Waals surface area contributed by atoms with Crippen LogP contribution in [0.25, 0.3) is 100 Å². The number of hydrogen-bond acceptors (Lipinski definition) is 0. The van der Waals surface area contributed by atoms with Gasteiger partial charge in [0.25, 0.3) is 0 Å². The van der Waals surface area contributed by atoms with Gasteiger partial charge in [-0.15, -0.1) is 46.5 Å². The molecule has 4 heteroatoms. The summed E-state index contributed by atoms with van der Waals surface area (Å²) in [6.45, 7) is 29.6. The molecular formula is C113H92V2Y2-4. The van der Waals surface area contributed by atoms with E-state index < -0.39 is 0 Å². The molecule has 6 aliphatic rings. The van der Waals surface area contributed by atoms with E-state index in [1.165, 1.54) is 189 Å². The van der Waals surface area contributed by atoms with Gasteiger partial charge in [0.2, 0.25) is 0 Å². The minimum atomic E-state index is -0.199. The molecule has 0 heterocycles. The molecule has 0 bridgehead atoms. The molecule has 6 aliphatic carbocycles. The van der Waals surface area contributed by atoms with Crippen LogP contribution in [-0.4, -0.2) is 0 Å². The normalized spacial score (nSPS) is 12.1. The summed E-state index contributed by atoms with van der Waals surface area (Å²) >= 11 is 0. The predicted octanol–water partition coefficient (Wildman–Crippen LogP) is 28.4. The summed E-state index contributed by atoms with van der Waals surface area (Å²) in [6.07, 6.45) is 4.37. The van der Waals surface area contributed by atoms with Crippen LogP contribution in [0.15, 0.2) is 303 Å². The third-order valence-electron chi connectivity index (χ3n) is 23.6. The first kappa shape index (κ1) is 85.5. The molecule has 0 saturated carbocycles. The third-order valence-corrected chi connectivity index (χ3v) is 23.6. The molecule has 16 aromatic carbocycles. The van der Waals surface area contributed by atoms with Crippen LogP contribution >= 0.6 is 0 Å². The predicted molar refractivity (Wildman–Crippen MR) is 476 cm³/mol. The smallest absolute Gasteiger partial charge is 0.226 e. The Bertz CT molecular complexity index is 5960. The van der Waals surface area contributed by atoms with Gasteiger partial charge in [0.1, 0.15) is 0 Å². The van der Waals surface area contributed by atoms with Crippen LogP contribution in [0.2, 0.25) is 0 Å². The zero-order chi connectivity index (χ0) is 77.8. The summed E-state index contributed by atoms with van der Waals surface area (Å²) < 4.78 is 0. The van der Waals surface area contributed by atoms with Crippen LogP contribution in [0.3, 0.4) is 0 Å². The van der Waals surface area contributed by atoms with Crippen molar-refractivity contribution < 1.29 is 103 Å². The first-order chi connectivity index (χ1) is 54.9. The van der Waals surface area contributed by atoms with E-state index >= 15 is 0 Å². The van der Waals surface area contributed by atoms with Crippen molar-refractivity contribution >= 4 is 0 Å². The van der Waals surface area contributed by atoms with Gasteiger partial charge in [-0.1, -0.05) is 243 Å². The van der Waals surface area contributed by atoms with Crippen LogP contribution in [0.5, 0.6) is 0 Å². The zero-order valence-corrected chi connectivity index (χ0v) is 77.1. The number of rotatable bonds is 3. The maximum atomic E-state index is 4.09. The first-order valence-electron chi connectivity index (χ1n) is 39.8. The molecule has 0 nitrogen and oxygen atoms in total. The summed E-state index contributed by atoms with van der Waals surface area (Å²) in [5, 5.41) is 0. The molecule has 0 unspecified atom stereocenters. The first-order valence-corrected chi connectivity index (χ1v) is 39.8. The Morgan fingerprint density at radius 3 is 0.846 bits per heavy atom. The van der Waals surface area contributed by atoms with Gasteiger partial charge < -0.3 is 0 Å². The molecule has 0 fully saturated rings. The van der Waals surface area contributed by atoms with Gasteiger partial charge >= 0.3 is 18.6 Å². The Hall–Kier alpha value is -9.36. The fourth-order valence-electron chi connectivity index (χ4n) is 18.2. The van der Waals surface area contributed by atoms with Crippen molar-refractivity contribution in [2.45, 2.75) is 100 Å². The van der Waals surface area contributed by atoms with E-state index in [1.807, 2.05) is 60.7 Å². The van der Waals surface area contributed by atoms with Crippen LogP contribution in [0.1, 0.15) is 134 Å². The van der Waals surface area contributed by atoms with E-state index in [0.29, 0.717) is 0 Å². The van der Waals surface area contributed by atoms with Crippen molar-refractivity contribution in [1.82, 2.24) is 0 Å². The Kier molecular flexibility index (Phi) is 26.7. The fourth-order valence-corrected chi connectivity index (χ4v) is 18.2. The Morgan fingerprint density at radius 2 is 0.504 bits per heavy atom. The molecule has 16 aromatic rings. The number of benzene rings is 16. The van der Waals surface area contributed by atoms with E-state index in [0.717, 1.165) is 59.1 Å². The summed E-state index contributed by atoms with van der Waals surface area (Å²) in [7, 11) is 0. The van der Waals surface area contributed by atoms with E-state index in [-0.39, 0.29) is 108 Å². The van der Waals surface area contributed by atoms with Gasteiger partial charge in [-0.2, -0.15) is 145 Å². The van der Waals surface area contributed by atoms with Crippen molar-refractivity contribution in [3.63, 3.8) is 0 Å². The van der Waals surface area contributed by atoms with Gasteiger partial charge in [-0.25, -0.2) is 22.3 Å². The van der Waals surface area contributed by atoms with E-state index in [4.69, 9.17) is 0 Å². The average Bonchev–Trinajstić information content (AvgIpc) is 1.51. The molecule has 22 rings (SSSR count). The molecular weight excluding hydrogens is 1640 g/mol. The SMILES string of the molecule is Cc1c[c-]c(-c2[c-]cc(C)cc2)cc1.Cc1ccc2c(c1)C1(c3ccccc3-c3ccccc31)c1cc(C)ccc1-2.Cc1ccc2c(c1)Cc1c-2ccc2c1Cc1cc(C)ccc1-2.Cc1ccc2c(c1)Cc1cc3c(cc1-2)Cc1cc(C)ccc1-3.[CH2-]c1cc(C)ccc1-c1ccc(C)cc1[CH2-].[V+2].[V].[Y].[Y].[c-]1ccccc1-c1[c-]cccc1. The molecule has 0 atom stereocenters. The van der Waals surface area contributed by atoms with Gasteiger partial charge in [-0.05, 0) is 213 Å². The zero-order valence-electron chi connectivity index (χ0n) is 68.7. The molecule has 4 radical (unpaired) electrons. The molecule has 564 valence electrons. The maximum Gasteiger partial charge on any atom is 2.00 e. The van der Waals surface area contributed by atoms with Crippen LogP contribution in [0.4, 0.5) is 0 Å². The molecule has 0 amide bonds. The quantitative estimate of drug-likeness (QED) is 0.155. The van der Waals surface area contributed by atoms with Crippen molar-refractivity contribution in [1.29, 1.82) is 0 Å². The second kappa shape index (κ2) is 36.5. The van der Waals surface area contributed by atoms with Crippen LogP contribution in [0, 0.1) is 107 Å². The van der Waals surface area contributed by atoms with Crippen molar-refractivity contribution in [2.75, 3.05) is 0 Å². The topological polar surface area (TPSA) is 0 Å². The standard InChI is InChI=1S/C27H20.2C22H18.C16H16.C14H12.C12H8.2V.2Y/c1-17-11-13-21-22-14-12-18(2)16-26(22)27(25(21)15-17)23-9-5-3-7-19(23)20-8-4-6-10-24(20)27;1-13-3-5-19-15(7-13)9-17-11-22-18(12-21(17)19)10-16-8-14(2)4-6-20(16)22;1-13-3-5-17-15(9-13)11-21-19(17)7-8-20-18-6-4-14(2)10-16(18)12-22(20)21;1-11-5-7-15(13(3)9-11)16-8-6-12(2)10-14(16)4;1-11-3-7-13(8-4-11)14-9-5-12(2)6-10-14;1-3-7-11(8-4-1)12-9-5-2-6-10-12;;;;/h3-16H,1-2H3;3-8,11-12H,9-10H2,1-2H3;3-10H,11-12H2,1-2H3;5-10H,3-4H2,1-2H3;3-7,9H,1-2H3;1-7,9H;;;;/q;;;3*-2;;+2;;. The maximum absolute atomic E-state index is 4.09. The van der Waals surface area contributed by atoms with Gasteiger partial charge in [-0.3, -0.25) is 0 Å². The largest absolute Gasteiger partial charge is 2.00 e. The van der Waals surface area contributed by atoms with Crippen molar-refractivity contribution in [2.24, 2.45) is 0 Å². The van der Waals surface area contributed by atoms with Crippen LogP contribution in [-0.2, 0) is 134 Å². The van der Waals surface area contributed by atoms with Crippen molar-refractivity contribution in [3.8, 4) is 100 Å². The minimum Gasteiger partial charge on any atom is -0.226 e. The monoisotopic (exact) mass is 1730 g/mol. The summed E-state index contributed by atoms with van der Waals surface area (Å²) in [5.41, 5.74) is 56.6. The number of aryl methyl sites for hydroxylation is 10. The minimum absolute atomic E-state index is 0. The molecule has 117 heavy (non-hydrogen) atoms. The summed E-state index contributed by atoms with van der Waals surface area (Å²) in [6, 6.07) is 123. The summed E-state index contributed by atoms with van der Waals surface area (Å²) in [5.74, 6) is 0. The second-order valence-corrected chi connectivity index (χ2v) is 32.0. The Balaban J connectivity index is 0.000000124. The number of hydrogen-bond donors (Lipinski definition) is 0. The third kappa shape index (κ3) is 17.1. The molecule has 0 N–H and O–H groups in total. The average molecular weight is 1730 g/mol. The molecule has 0 aliphatic heterocycles. The fraction of sp³-hybridized carbons (Fsp3) is 0.133. The Morgan fingerprint density at radius 1 is 0.231 bits per heavy atom. The van der Waals surface area contributed by atoms with Gasteiger partial charge in [0.05, 0.1) is 5.41 Å². The second-order valence-electron chi connectivity index (χ2n) is 32.0. The number of fused-ring (bicyclic) bond motifs is 23. The van der Waals surface area contributed by atoms with Gasteiger partial charge in [0, 0.05) is 84.0 Å². The molecule has 0 aromatic heterocycles. The van der Waals surface area contributed by atoms with E-state index in [1.54, 1.807) is 11.1 Å². The molecule has 1 spiro atoms.